The van der Waals surface area contributed by atoms with Crippen LogP contribution in [0.15, 0.2) is 48.5 Å². The number of ether oxygens (including phenoxy) is 5. The van der Waals surface area contributed by atoms with Gasteiger partial charge in [0.2, 0.25) is 5.91 Å². The van der Waals surface area contributed by atoms with Gasteiger partial charge in [0.05, 0.1) is 24.4 Å². The van der Waals surface area contributed by atoms with Gasteiger partial charge >= 0.3 is 24.3 Å². The quantitative estimate of drug-likeness (QED) is 0.0865. The topological polar surface area (TPSA) is 151 Å². The normalized spacial score (nSPS) is 21.5. The van der Waals surface area contributed by atoms with Crippen molar-refractivity contribution < 1.29 is 60.4 Å². The Morgan fingerprint density at radius 1 is 0.946 bits per heavy atom. The summed E-state index contributed by atoms with van der Waals surface area (Å²) >= 11 is 0. The number of nitrogens with one attached hydrogen (secondary N) is 3. The summed E-state index contributed by atoms with van der Waals surface area (Å²) in [6.07, 6.45) is -4.08. The van der Waals surface area contributed by atoms with Gasteiger partial charge in [-0.2, -0.15) is 13.2 Å². The highest BCUT2D eigenvalue weighted by atomic mass is 19.4. The van der Waals surface area contributed by atoms with E-state index in [1.807, 2.05) is 13.8 Å². The molecular formula is C40H53F4N3O9. The van der Waals surface area contributed by atoms with Crippen LogP contribution in [0.5, 0.6) is 0 Å². The van der Waals surface area contributed by atoms with Gasteiger partial charge in [0.15, 0.2) is 5.79 Å². The molecule has 1 spiro atoms. The molecule has 2 aliphatic heterocycles. The highest BCUT2D eigenvalue weighted by molar-refractivity contribution is 5.84. The zero-order valence-electron chi connectivity index (χ0n) is 32.1. The number of carbonyl (C=O) groups excluding carboxylic acids is 4. The Morgan fingerprint density at radius 3 is 2.41 bits per heavy atom. The zero-order valence-corrected chi connectivity index (χ0v) is 32.1. The van der Waals surface area contributed by atoms with Crippen LogP contribution in [0.25, 0.3) is 0 Å². The molecule has 12 nitrogen and oxygen atoms in total. The summed E-state index contributed by atoms with van der Waals surface area (Å²) in [5.74, 6) is -2.14. The Labute approximate surface area is 324 Å². The SMILES string of the molecule is CCOC(=O)[C@H](CCC(C)C)NC(=O)CC[C@@H]1C[C@@H](OC(=O)NCCc2ccc(F)cc2)C[C@@]2(CCC[C@H](COC(=O)NCc3cccc(C(F)(F)F)c3)O2)O1. The average molecular weight is 796 g/mol. The molecule has 5 atom stereocenters. The largest absolute Gasteiger partial charge is 0.464 e. The maximum absolute atomic E-state index is 13.3. The van der Waals surface area contributed by atoms with E-state index in [0.29, 0.717) is 44.4 Å². The van der Waals surface area contributed by atoms with Crippen LogP contribution < -0.4 is 16.0 Å². The Hall–Kier alpha value is -4.44. The number of alkyl halides is 3. The molecule has 0 aliphatic carbocycles. The third-order valence-corrected chi connectivity index (χ3v) is 9.50. The first kappa shape index (κ1) is 44.3. The van der Waals surface area contributed by atoms with Crippen molar-refractivity contribution in [3.05, 3.63) is 71.0 Å². The predicted octanol–water partition coefficient (Wildman–Crippen LogP) is 7.12. The highest BCUT2D eigenvalue weighted by Crippen LogP contribution is 2.41. The van der Waals surface area contributed by atoms with Crippen molar-refractivity contribution in [2.45, 2.75) is 128 Å². The summed E-state index contributed by atoms with van der Waals surface area (Å²) in [5, 5.41) is 7.98. The van der Waals surface area contributed by atoms with Gasteiger partial charge in [0.25, 0.3) is 0 Å². The molecule has 3 amide bonds. The molecule has 2 heterocycles. The van der Waals surface area contributed by atoms with Crippen LogP contribution in [0, 0.1) is 11.7 Å². The fourth-order valence-electron chi connectivity index (χ4n) is 6.72. The number of carbonyl (C=O) groups is 4. The van der Waals surface area contributed by atoms with Crippen molar-refractivity contribution in [1.82, 2.24) is 16.0 Å². The second kappa shape index (κ2) is 21.2. The molecule has 0 aromatic heterocycles. The number of benzene rings is 2. The Morgan fingerprint density at radius 2 is 1.70 bits per heavy atom. The van der Waals surface area contributed by atoms with Crippen LogP contribution in [-0.4, -0.2) is 74.0 Å². The first-order valence-corrected chi connectivity index (χ1v) is 19.2. The van der Waals surface area contributed by atoms with Crippen LogP contribution in [-0.2, 0) is 52.4 Å². The number of rotatable bonds is 17. The Bertz CT molecular complexity index is 1590. The van der Waals surface area contributed by atoms with E-state index in [1.54, 1.807) is 19.1 Å². The molecule has 2 saturated heterocycles. The maximum atomic E-state index is 13.3. The summed E-state index contributed by atoms with van der Waals surface area (Å²) in [4.78, 5) is 51.1. The Kier molecular flexibility index (Phi) is 16.8. The van der Waals surface area contributed by atoms with Crippen molar-refractivity contribution in [2.75, 3.05) is 19.8 Å². The lowest BCUT2D eigenvalue weighted by Gasteiger charge is -2.47. The number of amides is 3. The fourth-order valence-corrected chi connectivity index (χ4v) is 6.72. The van der Waals surface area contributed by atoms with Gasteiger partial charge in [0.1, 0.15) is 24.6 Å². The van der Waals surface area contributed by atoms with Gasteiger partial charge in [-0.15, -0.1) is 0 Å². The number of hydrogen-bond donors (Lipinski definition) is 3. The molecule has 16 heteroatoms. The van der Waals surface area contributed by atoms with Crippen molar-refractivity contribution in [3.8, 4) is 0 Å². The zero-order chi connectivity index (χ0) is 40.7. The fraction of sp³-hybridized carbons (Fsp3) is 0.600. The molecule has 310 valence electrons. The second-order valence-corrected chi connectivity index (χ2v) is 14.6. The number of halogens is 4. The molecule has 3 N–H and O–H groups in total. The molecule has 2 aliphatic rings. The van der Waals surface area contributed by atoms with Gasteiger partial charge in [-0.3, -0.25) is 4.79 Å². The van der Waals surface area contributed by atoms with Gasteiger partial charge in [-0.1, -0.05) is 38.1 Å². The molecule has 2 fully saturated rings. The lowest BCUT2D eigenvalue weighted by molar-refractivity contribution is -0.329. The molecular weight excluding hydrogens is 742 g/mol. The summed E-state index contributed by atoms with van der Waals surface area (Å²) in [6.45, 7) is 5.81. The van der Waals surface area contributed by atoms with Crippen LogP contribution in [0.3, 0.4) is 0 Å². The molecule has 4 rings (SSSR count). The summed E-state index contributed by atoms with van der Waals surface area (Å²) in [6, 6.07) is 9.76. The molecule has 0 unspecified atom stereocenters. The number of alkyl carbamates (subject to hydrolysis) is 2. The monoisotopic (exact) mass is 795 g/mol. The first-order chi connectivity index (χ1) is 26.6. The van der Waals surface area contributed by atoms with E-state index in [1.165, 1.54) is 24.3 Å². The van der Waals surface area contributed by atoms with E-state index in [-0.39, 0.29) is 69.3 Å². The predicted molar refractivity (Wildman–Crippen MR) is 195 cm³/mol. The standard InChI is InChI=1S/C40H53F4N3O9/c1-4-52-36(49)34(16-10-26(2)3)47-35(48)17-15-31-22-33(54-38(51)45-20-18-27-11-13-30(41)14-12-27)23-39(55-31)19-6-9-32(56-39)25-53-37(50)46-24-28-7-5-8-29(21-28)40(42,43)44/h5,7-8,11-14,21,26,31-34H,4,6,9-10,15-20,22-25H2,1-3H3,(H,45,51)(H,46,50)(H,47,48)/t31-,32-,33-,34+,39+/m1/s1. The van der Waals surface area contributed by atoms with Gasteiger partial charge < -0.3 is 39.6 Å². The number of hydrogen-bond acceptors (Lipinski definition) is 9. The third-order valence-electron chi connectivity index (χ3n) is 9.50. The summed E-state index contributed by atoms with van der Waals surface area (Å²) in [5.41, 5.74) is 0.250. The first-order valence-electron chi connectivity index (χ1n) is 19.2. The summed E-state index contributed by atoms with van der Waals surface area (Å²) < 4.78 is 81.8. The van der Waals surface area contributed by atoms with Crippen LogP contribution in [0.4, 0.5) is 27.2 Å². The number of esters is 1. The smallest absolute Gasteiger partial charge is 0.416 e. The molecule has 56 heavy (non-hydrogen) atoms. The van der Waals surface area contributed by atoms with E-state index >= 15 is 0 Å². The van der Waals surface area contributed by atoms with Crippen molar-refractivity contribution >= 4 is 24.1 Å². The second-order valence-electron chi connectivity index (χ2n) is 14.6. The Balaban J connectivity index is 1.36. The molecule has 0 radical (unpaired) electrons. The molecule has 2 aromatic rings. The molecule has 0 bridgehead atoms. The van der Waals surface area contributed by atoms with Crippen LogP contribution in [0.1, 0.15) is 95.2 Å². The van der Waals surface area contributed by atoms with Crippen molar-refractivity contribution in [2.24, 2.45) is 5.92 Å². The van der Waals surface area contributed by atoms with E-state index in [9.17, 15) is 36.7 Å². The minimum atomic E-state index is -4.52. The van der Waals surface area contributed by atoms with E-state index < -0.39 is 60.0 Å². The lowest BCUT2D eigenvalue weighted by Crippen LogP contribution is -2.54. The van der Waals surface area contributed by atoms with Gasteiger partial charge in [-0.05, 0) is 86.8 Å². The van der Waals surface area contributed by atoms with Gasteiger partial charge in [0, 0.05) is 38.8 Å². The van der Waals surface area contributed by atoms with Crippen LogP contribution >= 0.6 is 0 Å². The van der Waals surface area contributed by atoms with Crippen LogP contribution in [0.2, 0.25) is 0 Å². The van der Waals surface area contributed by atoms with Crippen molar-refractivity contribution in [3.63, 3.8) is 0 Å². The lowest BCUT2D eigenvalue weighted by atomic mass is 9.90. The van der Waals surface area contributed by atoms with E-state index in [2.05, 4.69) is 16.0 Å². The highest BCUT2D eigenvalue weighted by Gasteiger charge is 2.47. The van der Waals surface area contributed by atoms with E-state index in [0.717, 1.165) is 17.7 Å². The molecule has 2 aromatic carbocycles. The van der Waals surface area contributed by atoms with Gasteiger partial charge in [-0.25, -0.2) is 18.8 Å². The summed E-state index contributed by atoms with van der Waals surface area (Å²) in [7, 11) is 0. The molecule has 0 saturated carbocycles. The minimum absolute atomic E-state index is 0.00745. The average Bonchev–Trinajstić information content (AvgIpc) is 3.14. The minimum Gasteiger partial charge on any atom is -0.464 e. The third kappa shape index (κ3) is 14.9. The van der Waals surface area contributed by atoms with Crippen molar-refractivity contribution in [1.29, 1.82) is 0 Å². The maximum Gasteiger partial charge on any atom is 0.416 e. The van der Waals surface area contributed by atoms with E-state index in [4.69, 9.17) is 23.7 Å².